The first-order valence-electron chi connectivity index (χ1n) is 11.2. The van der Waals surface area contributed by atoms with Crippen LogP contribution in [-0.4, -0.2) is 27.3 Å². The Balaban J connectivity index is 1.25. The number of fused-ring (bicyclic) bond motifs is 1. The summed E-state index contributed by atoms with van der Waals surface area (Å²) in [6.07, 6.45) is 1.46. The highest BCUT2D eigenvalue weighted by atomic mass is 32.2. The van der Waals surface area contributed by atoms with Gasteiger partial charge in [-0.15, -0.1) is 16.8 Å². The van der Waals surface area contributed by atoms with Crippen LogP contribution in [0.1, 0.15) is 27.8 Å². The zero-order valence-electron chi connectivity index (χ0n) is 19.0. The van der Waals surface area contributed by atoms with Crippen LogP contribution in [0.3, 0.4) is 0 Å². The number of hydrogen-bond acceptors (Lipinski definition) is 6. The molecule has 0 bridgehead atoms. The molecule has 0 radical (unpaired) electrons. The van der Waals surface area contributed by atoms with Crippen LogP contribution in [0.25, 0.3) is 0 Å². The number of ether oxygens (including phenoxy) is 2. The Hall–Kier alpha value is -4.04. The standard InChI is InChI=1S/C27H24N4O3S/c1-2-16-31-25(24-17-33-22-10-6-7-11-23(22)34-24)29-30-27(31)35-18-19-12-14-20(15-13-19)26(32)28-21-8-4-3-5-9-21/h2-15,24H,1,16-18H2,(H,28,32)/t24-/m1/s1. The average Bonchev–Trinajstić information content (AvgIpc) is 3.30. The van der Waals surface area contributed by atoms with Crippen molar-refractivity contribution >= 4 is 23.4 Å². The van der Waals surface area contributed by atoms with Gasteiger partial charge in [0, 0.05) is 23.5 Å². The van der Waals surface area contributed by atoms with Gasteiger partial charge in [0.25, 0.3) is 5.91 Å². The molecule has 0 saturated heterocycles. The number of rotatable bonds is 8. The molecule has 0 saturated carbocycles. The fourth-order valence-electron chi connectivity index (χ4n) is 3.72. The van der Waals surface area contributed by atoms with Gasteiger partial charge in [0.2, 0.25) is 0 Å². The van der Waals surface area contributed by atoms with Crippen molar-refractivity contribution in [3.8, 4) is 11.5 Å². The monoisotopic (exact) mass is 484 g/mol. The molecular weight excluding hydrogens is 460 g/mol. The van der Waals surface area contributed by atoms with E-state index >= 15 is 0 Å². The lowest BCUT2D eigenvalue weighted by molar-refractivity contribution is 0.0821. The SMILES string of the molecule is C=CCn1c(SCc2ccc(C(=O)Nc3ccccc3)cc2)nnc1[C@H]1COc2ccccc2O1. The maximum atomic E-state index is 12.5. The number of hydrogen-bond donors (Lipinski definition) is 1. The van der Waals surface area contributed by atoms with E-state index in [2.05, 4.69) is 22.1 Å². The number of benzene rings is 3. The van der Waals surface area contributed by atoms with E-state index in [-0.39, 0.29) is 12.0 Å². The lowest BCUT2D eigenvalue weighted by Crippen LogP contribution is -2.25. The molecule has 1 aromatic heterocycles. The fraction of sp³-hybridized carbons (Fsp3) is 0.148. The number of nitrogens with zero attached hydrogens (tertiary/aromatic N) is 3. The fourth-order valence-corrected chi connectivity index (χ4v) is 4.63. The zero-order valence-corrected chi connectivity index (χ0v) is 19.8. The van der Waals surface area contributed by atoms with E-state index in [1.807, 2.05) is 89.5 Å². The van der Waals surface area contributed by atoms with E-state index in [1.54, 1.807) is 11.8 Å². The Morgan fingerprint density at radius 3 is 2.54 bits per heavy atom. The second-order valence-corrected chi connectivity index (χ2v) is 8.85. The molecule has 1 aliphatic heterocycles. The molecule has 0 aliphatic carbocycles. The third-order valence-electron chi connectivity index (χ3n) is 5.47. The topological polar surface area (TPSA) is 78.3 Å². The number of thioether (sulfide) groups is 1. The molecule has 5 rings (SSSR count). The van der Waals surface area contributed by atoms with Gasteiger partial charge in [-0.2, -0.15) is 0 Å². The molecule has 1 atom stereocenters. The number of aromatic nitrogens is 3. The van der Waals surface area contributed by atoms with Crippen LogP contribution in [0.2, 0.25) is 0 Å². The molecule has 8 heteroatoms. The van der Waals surface area contributed by atoms with Crippen LogP contribution in [-0.2, 0) is 12.3 Å². The van der Waals surface area contributed by atoms with E-state index in [0.717, 1.165) is 22.2 Å². The highest BCUT2D eigenvalue weighted by molar-refractivity contribution is 7.98. The highest BCUT2D eigenvalue weighted by Gasteiger charge is 2.28. The van der Waals surface area contributed by atoms with Crippen molar-refractivity contribution in [2.24, 2.45) is 0 Å². The maximum absolute atomic E-state index is 12.5. The van der Waals surface area contributed by atoms with Gasteiger partial charge in [-0.05, 0) is 42.0 Å². The minimum absolute atomic E-state index is 0.137. The number of allylic oxidation sites excluding steroid dienone is 1. The van der Waals surface area contributed by atoms with Crippen LogP contribution in [0.15, 0.2) is 96.7 Å². The zero-order chi connectivity index (χ0) is 24.0. The minimum Gasteiger partial charge on any atom is -0.485 e. The van der Waals surface area contributed by atoms with Crippen LogP contribution >= 0.6 is 11.8 Å². The summed E-state index contributed by atoms with van der Waals surface area (Å²) in [6, 6.07) is 24.6. The summed E-state index contributed by atoms with van der Waals surface area (Å²) in [5.41, 5.74) is 2.45. The number of anilines is 1. The molecule has 0 fully saturated rings. The van der Waals surface area contributed by atoms with E-state index in [1.165, 1.54) is 0 Å². The van der Waals surface area contributed by atoms with Gasteiger partial charge in [-0.1, -0.05) is 60.3 Å². The average molecular weight is 485 g/mol. The Morgan fingerprint density at radius 2 is 1.77 bits per heavy atom. The Labute approximate surface area is 207 Å². The third kappa shape index (κ3) is 5.22. The van der Waals surface area contributed by atoms with Gasteiger partial charge in [0.05, 0.1) is 0 Å². The number of amides is 1. The van der Waals surface area contributed by atoms with Crippen molar-refractivity contribution < 1.29 is 14.3 Å². The largest absolute Gasteiger partial charge is 0.485 e. The minimum atomic E-state index is -0.353. The first-order valence-corrected chi connectivity index (χ1v) is 12.2. The van der Waals surface area contributed by atoms with E-state index in [0.29, 0.717) is 36.0 Å². The van der Waals surface area contributed by atoms with Gasteiger partial charge in [0.1, 0.15) is 6.61 Å². The Morgan fingerprint density at radius 1 is 1.03 bits per heavy atom. The third-order valence-corrected chi connectivity index (χ3v) is 6.51. The predicted octanol–water partition coefficient (Wildman–Crippen LogP) is 5.52. The molecule has 4 aromatic rings. The predicted molar refractivity (Wildman–Crippen MR) is 136 cm³/mol. The van der Waals surface area contributed by atoms with E-state index in [4.69, 9.17) is 9.47 Å². The summed E-state index contributed by atoms with van der Waals surface area (Å²) in [7, 11) is 0. The first kappa shape index (κ1) is 22.7. The van der Waals surface area contributed by atoms with Crippen molar-refractivity contribution in [2.45, 2.75) is 23.6 Å². The quantitative estimate of drug-likeness (QED) is 0.262. The molecular formula is C27H24N4O3S. The molecule has 1 N–H and O–H groups in total. The summed E-state index contributed by atoms with van der Waals surface area (Å²) in [5.74, 6) is 2.68. The summed E-state index contributed by atoms with van der Waals surface area (Å²) in [5, 5.41) is 12.5. The van der Waals surface area contributed by atoms with Gasteiger partial charge in [-0.25, -0.2) is 0 Å². The second-order valence-electron chi connectivity index (χ2n) is 7.91. The molecule has 1 aliphatic rings. The lowest BCUT2D eigenvalue weighted by Gasteiger charge is -2.26. The van der Waals surface area contributed by atoms with Crippen molar-refractivity contribution in [3.63, 3.8) is 0 Å². The highest BCUT2D eigenvalue weighted by Crippen LogP contribution is 2.36. The normalized spacial score (nSPS) is 14.3. The van der Waals surface area contributed by atoms with E-state index < -0.39 is 0 Å². The lowest BCUT2D eigenvalue weighted by atomic mass is 10.1. The Bertz CT molecular complexity index is 1320. The number of carbonyl (C=O) groups is 1. The van der Waals surface area contributed by atoms with Gasteiger partial charge < -0.3 is 14.8 Å². The summed E-state index contributed by atoms with van der Waals surface area (Å²) in [6.45, 7) is 4.80. The molecule has 0 spiro atoms. The first-order chi connectivity index (χ1) is 17.2. The smallest absolute Gasteiger partial charge is 0.255 e. The molecule has 35 heavy (non-hydrogen) atoms. The molecule has 2 heterocycles. The maximum Gasteiger partial charge on any atom is 0.255 e. The molecule has 3 aromatic carbocycles. The van der Waals surface area contributed by atoms with Crippen LogP contribution in [0, 0.1) is 0 Å². The van der Waals surface area contributed by atoms with E-state index in [9.17, 15) is 4.79 Å². The molecule has 7 nitrogen and oxygen atoms in total. The summed E-state index contributed by atoms with van der Waals surface area (Å²) >= 11 is 1.57. The number of nitrogens with one attached hydrogen (secondary N) is 1. The van der Waals surface area contributed by atoms with Gasteiger partial charge in [-0.3, -0.25) is 9.36 Å². The number of carbonyl (C=O) groups excluding carboxylic acids is 1. The van der Waals surface area contributed by atoms with Crippen LogP contribution in [0.4, 0.5) is 5.69 Å². The van der Waals surface area contributed by atoms with Crippen LogP contribution in [0.5, 0.6) is 11.5 Å². The van der Waals surface area contributed by atoms with Crippen molar-refractivity contribution in [1.82, 2.24) is 14.8 Å². The molecule has 0 unspecified atom stereocenters. The van der Waals surface area contributed by atoms with Crippen molar-refractivity contribution in [2.75, 3.05) is 11.9 Å². The van der Waals surface area contributed by atoms with Crippen molar-refractivity contribution in [3.05, 3.63) is 108 Å². The number of para-hydroxylation sites is 3. The summed E-state index contributed by atoms with van der Waals surface area (Å²) in [4.78, 5) is 12.5. The van der Waals surface area contributed by atoms with Gasteiger partial charge >= 0.3 is 0 Å². The van der Waals surface area contributed by atoms with Crippen molar-refractivity contribution in [1.29, 1.82) is 0 Å². The Kier molecular flexibility index (Phi) is 6.81. The molecule has 1 amide bonds. The second kappa shape index (κ2) is 10.5. The molecule has 176 valence electrons. The van der Waals surface area contributed by atoms with Crippen LogP contribution < -0.4 is 14.8 Å². The summed E-state index contributed by atoms with van der Waals surface area (Å²) < 4.78 is 14.0. The van der Waals surface area contributed by atoms with Gasteiger partial charge in [0.15, 0.2) is 28.6 Å².